The molecular formula is C25H21F2N3O3. The van der Waals surface area contributed by atoms with Gasteiger partial charge in [-0.3, -0.25) is 9.69 Å². The standard InChI is InChI=1S/C25H21F2N3O3/c26-15-9-11-16(12-10-15)28-25(33)29-13-21-23(18-6-2-4-8-20(18)29)22(14-31)30(21)24(32)17-5-1-3-7-19(17)27/h1-12,21-23,31H,13-14H2,(H,28,33)/t21-,22-,23+/m0/s1. The van der Waals surface area contributed by atoms with Gasteiger partial charge in [-0.05, 0) is 48.0 Å². The van der Waals surface area contributed by atoms with E-state index in [4.69, 9.17) is 0 Å². The molecule has 0 saturated carbocycles. The number of hydrogen-bond acceptors (Lipinski definition) is 3. The van der Waals surface area contributed by atoms with E-state index in [-0.39, 0.29) is 24.6 Å². The molecule has 0 aromatic heterocycles. The summed E-state index contributed by atoms with van der Waals surface area (Å²) >= 11 is 0. The molecule has 3 aromatic rings. The topological polar surface area (TPSA) is 72.9 Å². The van der Waals surface area contributed by atoms with Crippen LogP contribution in [-0.2, 0) is 0 Å². The number of likely N-dealkylation sites (tertiary alicyclic amines) is 1. The van der Waals surface area contributed by atoms with E-state index in [1.165, 1.54) is 52.3 Å². The highest BCUT2D eigenvalue weighted by atomic mass is 19.1. The number of carbonyl (C=O) groups excluding carboxylic acids is 2. The first-order valence-corrected chi connectivity index (χ1v) is 10.6. The van der Waals surface area contributed by atoms with Crippen LogP contribution < -0.4 is 10.2 Å². The number of anilines is 2. The van der Waals surface area contributed by atoms with Crippen molar-refractivity contribution in [2.45, 2.75) is 18.0 Å². The minimum Gasteiger partial charge on any atom is -0.394 e. The van der Waals surface area contributed by atoms with E-state index in [1.807, 2.05) is 24.3 Å². The smallest absolute Gasteiger partial charge is 0.326 e. The summed E-state index contributed by atoms with van der Waals surface area (Å²) in [7, 11) is 0. The van der Waals surface area contributed by atoms with Crippen molar-refractivity contribution >= 4 is 23.3 Å². The fourth-order valence-electron chi connectivity index (χ4n) is 4.86. The van der Waals surface area contributed by atoms with Crippen molar-refractivity contribution in [3.63, 3.8) is 0 Å². The van der Waals surface area contributed by atoms with Crippen LogP contribution in [0.25, 0.3) is 0 Å². The highest BCUT2D eigenvalue weighted by Crippen LogP contribution is 2.48. The molecule has 3 aromatic carbocycles. The van der Waals surface area contributed by atoms with Gasteiger partial charge in [0.05, 0.1) is 24.3 Å². The summed E-state index contributed by atoms with van der Waals surface area (Å²) in [5.74, 6) is -1.75. The van der Waals surface area contributed by atoms with Crippen LogP contribution in [0, 0.1) is 11.6 Å². The van der Waals surface area contributed by atoms with Crippen LogP contribution in [-0.4, -0.2) is 47.2 Å². The lowest BCUT2D eigenvalue weighted by molar-refractivity contribution is -0.0244. The number of nitrogens with one attached hydrogen (secondary N) is 1. The molecular weight excluding hydrogens is 428 g/mol. The van der Waals surface area contributed by atoms with Crippen molar-refractivity contribution in [1.82, 2.24) is 4.90 Å². The van der Waals surface area contributed by atoms with E-state index in [0.717, 1.165) is 5.56 Å². The molecule has 3 atom stereocenters. The molecule has 1 fully saturated rings. The van der Waals surface area contributed by atoms with E-state index >= 15 is 0 Å². The number of hydrogen-bond donors (Lipinski definition) is 2. The average Bonchev–Trinajstić information content (AvgIpc) is 2.81. The van der Waals surface area contributed by atoms with Gasteiger partial charge >= 0.3 is 6.03 Å². The molecule has 1 saturated heterocycles. The van der Waals surface area contributed by atoms with Gasteiger partial charge in [-0.25, -0.2) is 13.6 Å². The molecule has 2 aliphatic heterocycles. The fraction of sp³-hybridized carbons (Fsp3) is 0.200. The van der Waals surface area contributed by atoms with Crippen molar-refractivity contribution in [2.75, 3.05) is 23.4 Å². The Labute approximate surface area is 189 Å². The van der Waals surface area contributed by atoms with Gasteiger partial charge in [-0.2, -0.15) is 0 Å². The molecule has 2 N–H and O–H groups in total. The number of rotatable bonds is 3. The monoisotopic (exact) mass is 449 g/mol. The molecule has 0 bridgehead atoms. The van der Waals surface area contributed by atoms with E-state index < -0.39 is 35.7 Å². The Morgan fingerprint density at radius 1 is 0.970 bits per heavy atom. The SMILES string of the molecule is O=C(Nc1ccc(F)cc1)N1C[C@H]2[C@@H](c3ccccc31)[C@H](CO)N2C(=O)c1ccccc1F. The molecule has 0 aliphatic carbocycles. The quantitative estimate of drug-likeness (QED) is 0.635. The predicted molar refractivity (Wildman–Crippen MR) is 119 cm³/mol. The Hall–Kier alpha value is -3.78. The van der Waals surface area contributed by atoms with Gasteiger partial charge in [0.25, 0.3) is 5.91 Å². The summed E-state index contributed by atoms with van der Waals surface area (Å²) in [5.41, 5.74) is 1.87. The van der Waals surface area contributed by atoms with Crippen LogP contribution in [0.2, 0.25) is 0 Å². The number of aliphatic hydroxyl groups is 1. The summed E-state index contributed by atoms with van der Waals surface area (Å²) < 4.78 is 27.5. The second-order valence-corrected chi connectivity index (χ2v) is 8.14. The minimum absolute atomic E-state index is 0.0735. The first kappa shape index (κ1) is 21.1. The highest BCUT2D eigenvalue weighted by molar-refractivity contribution is 6.03. The minimum atomic E-state index is -0.634. The van der Waals surface area contributed by atoms with Crippen molar-refractivity contribution in [2.24, 2.45) is 0 Å². The molecule has 0 unspecified atom stereocenters. The zero-order valence-corrected chi connectivity index (χ0v) is 17.5. The molecule has 0 spiro atoms. The molecule has 3 amide bonds. The predicted octanol–water partition coefficient (Wildman–Crippen LogP) is 3.99. The van der Waals surface area contributed by atoms with Gasteiger partial charge in [0, 0.05) is 23.8 Å². The van der Waals surface area contributed by atoms with Gasteiger partial charge in [0.2, 0.25) is 0 Å². The Morgan fingerprint density at radius 2 is 1.67 bits per heavy atom. The van der Waals surface area contributed by atoms with E-state index in [2.05, 4.69) is 5.32 Å². The largest absolute Gasteiger partial charge is 0.394 e. The third-order valence-corrected chi connectivity index (χ3v) is 6.37. The molecule has 0 radical (unpaired) electrons. The van der Waals surface area contributed by atoms with Crippen molar-refractivity contribution in [3.05, 3.63) is 95.6 Å². The van der Waals surface area contributed by atoms with Gasteiger partial charge in [0.15, 0.2) is 0 Å². The van der Waals surface area contributed by atoms with Crippen LogP contribution in [0.3, 0.4) is 0 Å². The first-order valence-electron chi connectivity index (χ1n) is 10.6. The van der Waals surface area contributed by atoms with Crippen molar-refractivity contribution in [1.29, 1.82) is 0 Å². The molecule has 8 heteroatoms. The summed E-state index contributed by atoms with van der Waals surface area (Å²) in [6.07, 6.45) is 0. The zero-order valence-electron chi connectivity index (χ0n) is 17.5. The maximum Gasteiger partial charge on any atom is 0.326 e. The number of carbonyl (C=O) groups is 2. The highest BCUT2D eigenvalue weighted by Gasteiger charge is 2.55. The molecule has 168 valence electrons. The second-order valence-electron chi connectivity index (χ2n) is 8.14. The van der Waals surface area contributed by atoms with Gasteiger partial charge in [-0.1, -0.05) is 30.3 Å². The van der Waals surface area contributed by atoms with Gasteiger partial charge in [0.1, 0.15) is 11.6 Å². The number of fused-ring (bicyclic) bond motifs is 3. The Balaban J connectivity index is 1.47. The van der Waals surface area contributed by atoms with E-state index in [0.29, 0.717) is 11.4 Å². The maximum atomic E-state index is 14.3. The van der Waals surface area contributed by atoms with E-state index in [1.54, 1.807) is 6.07 Å². The molecule has 6 nitrogen and oxygen atoms in total. The van der Waals surface area contributed by atoms with Crippen LogP contribution in [0.15, 0.2) is 72.8 Å². The number of halogens is 2. The lowest BCUT2D eigenvalue weighted by atomic mass is 9.71. The zero-order chi connectivity index (χ0) is 23.1. The van der Waals surface area contributed by atoms with Crippen LogP contribution in [0.1, 0.15) is 21.8 Å². The first-order chi connectivity index (χ1) is 16.0. The summed E-state index contributed by atoms with van der Waals surface area (Å²) in [6.45, 7) is -0.108. The number of para-hydroxylation sites is 1. The second kappa shape index (κ2) is 8.29. The van der Waals surface area contributed by atoms with E-state index in [9.17, 15) is 23.5 Å². The lowest BCUT2D eigenvalue weighted by Crippen LogP contribution is -2.71. The van der Waals surface area contributed by atoms with Crippen LogP contribution in [0.4, 0.5) is 25.0 Å². The molecule has 5 rings (SSSR count). The van der Waals surface area contributed by atoms with Crippen molar-refractivity contribution < 1.29 is 23.5 Å². The molecule has 33 heavy (non-hydrogen) atoms. The Morgan fingerprint density at radius 3 is 2.39 bits per heavy atom. The lowest BCUT2D eigenvalue weighted by Gasteiger charge is -2.58. The maximum absolute atomic E-state index is 14.3. The normalized spacial score (nSPS) is 21.0. The Kier molecular flexibility index (Phi) is 5.30. The van der Waals surface area contributed by atoms with Crippen LogP contribution in [0.5, 0.6) is 0 Å². The van der Waals surface area contributed by atoms with Gasteiger partial charge < -0.3 is 15.3 Å². The third kappa shape index (κ3) is 3.52. The summed E-state index contributed by atoms with van der Waals surface area (Å²) in [6, 6.07) is 17.1. The number of nitrogens with zero attached hydrogens (tertiary/aromatic N) is 2. The van der Waals surface area contributed by atoms with Crippen LogP contribution >= 0.6 is 0 Å². The fourth-order valence-corrected chi connectivity index (χ4v) is 4.86. The third-order valence-electron chi connectivity index (χ3n) is 6.37. The Bertz CT molecular complexity index is 1220. The molecule has 2 heterocycles. The van der Waals surface area contributed by atoms with Gasteiger partial charge in [-0.15, -0.1) is 0 Å². The molecule has 2 aliphatic rings. The number of aliphatic hydroxyl groups excluding tert-OH is 1. The summed E-state index contributed by atoms with van der Waals surface area (Å²) in [5, 5.41) is 12.8. The van der Waals surface area contributed by atoms with Crippen molar-refractivity contribution in [3.8, 4) is 0 Å². The number of amides is 3. The number of benzene rings is 3. The average molecular weight is 449 g/mol. The summed E-state index contributed by atoms with van der Waals surface area (Å²) in [4.78, 5) is 29.3. The number of urea groups is 1.